The van der Waals surface area contributed by atoms with E-state index < -0.39 is 11.8 Å². The largest absolute Gasteiger partial charge is 0.481 e. The predicted molar refractivity (Wildman–Crippen MR) is 77.5 cm³/mol. The summed E-state index contributed by atoms with van der Waals surface area (Å²) in [6.07, 6.45) is 4.69. The van der Waals surface area contributed by atoms with Gasteiger partial charge in [0.2, 0.25) is 0 Å². The van der Waals surface area contributed by atoms with Gasteiger partial charge < -0.3 is 5.11 Å². The van der Waals surface area contributed by atoms with Gasteiger partial charge in [0.05, 0.1) is 23.2 Å². The van der Waals surface area contributed by atoms with Crippen molar-refractivity contribution in [1.82, 2.24) is 9.78 Å². The lowest BCUT2D eigenvalue weighted by molar-refractivity contribution is -0.143. The molecular weight excluding hydrogens is 285 g/mol. The molecule has 1 aromatic heterocycles. The molecule has 1 aromatic carbocycles. The normalized spacial score (nSPS) is 21.6. The van der Waals surface area contributed by atoms with E-state index in [1.54, 1.807) is 10.9 Å². The summed E-state index contributed by atoms with van der Waals surface area (Å²) in [6, 6.07) is 4.71. The van der Waals surface area contributed by atoms with Crippen LogP contribution < -0.4 is 0 Å². The molecule has 0 atom stereocenters. The van der Waals surface area contributed by atoms with Crippen molar-refractivity contribution in [1.29, 1.82) is 5.26 Å². The van der Waals surface area contributed by atoms with E-state index in [9.17, 15) is 9.18 Å². The molecule has 114 valence electrons. The Hall–Kier alpha value is -2.42. The van der Waals surface area contributed by atoms with Crippen molar-refractivity contribution in [3.63, 3.8) is 0 Å². The minimum atomic E-state index is -0.711. The van der Waals surface area contributed by atoms with Crippen LogP contribution in [-0.4, -0.2) is 20.9 Å². The van der Waals surface area contributed by atoms with E-state index in [2.05, 4.69) is 5.10 Å². The molecule has 1 fully saturated rings. The molecule has 1 aliphatic rings. The second kappa shape index (κ2) is 5.76. The molecule has 0 spiro atoms. The summed E-state index contributed by atoms with van der Waals surface area (Å²) in [6.45, 7) is 0.673. The number of hydrogen-bond donors (Lipinski definition) is 1. The lowest BCUT2D eigenvalue weighted by Crippen LogP contribution is -2.24. The van der Waals surface area contributed by atoms with Crippen molar-refractivity contribution in [3.8, 4) is 6.07 Å². The minimum absolute atomic E-state index is 0.0174. The van der Waals surface area contributed by atoms with Gasteiger partial charge in [0.25, 0.3) is 0 Å². The lowest BCUT2D eigenvalue weighted by Gasteiger charge is -2.26. The molecule has 0 aliphatic heterocycles. The third kappa shape index (κ3) is 2.67. The molecule has 1 heterocycles. The first-order chi connectivity index (χ1) is 10.6. The highest BCUT2D eigenvalue weighted by atomic mass is 19.1. The molecule has 5 nitrogen and oxygen atoms in total. The van der Waals surface area contributed by atoms with Crippen LogP contribution in [0.5, 0.6) is 0 Å². The predicted octanol–water partition coefficient (Wildman–Crippen LogP) is 2.94. The number of aromatic nitrogens is 2. The molecule has 22 heavy (non-hydrogen) atoms. The molecule has 0 amide bonds. The van der Waals surface area contributed by atoms with Gasteiger partial charge in [-0.3, -0.25) is 9.48 Å². The molecule has 3 rings (SSSR count). The summed E-state index contributed by atoms with van der Waals surface area (Å²) in [5, 5.41) is 22.9. The van der Waals surface area contributed by atoms with Crippen LogP contribution in [0.1, 0.15) is 31.2 Å². The lowest BCUT2D eigenvalue weighted by atomic mass is 9.82. The van der Waals surface area contributed by atoms with Crippen LogP contribution in [-0.2, 0) is 11.3 Å². The van der Waals surface area contributed by atoms with Gasteiger partial charge in [-0.15, -0.1) is 0 Å². The van der Waals surface area contributed by atoms with Gasteiger partial charge in [0, 0.05) is 11.9 Å². The van der Waals surface area contributed by atoms with Crippen molar-refractivity contribution >= 4 is 16.9 Å². The molecule has 2 aromatic rings. The second-order valence-electron chi connectivity index (χ2n) is 5.89. The molecule has 1 saturated carbocycles. The zero-order valence-electron chi connectivity index (χ0n) is 12.0. The Morgan fingerprint density at radius 2 is 2.14 bits per heavy atom. The second-order valence-corrected chi connectivity index (χ2v) is 5.89. The van der Waals surface area contributed by atoms with Gasteiger partial charge in [0.15, 0.2) is 0 Å². The molecule has 1 N–H and O–H groups in total. The summed E-state index contributed by atoms with van der Waals surface area (Å²) >= 11 is 0. The first-order valence-corrected chi connectivity index (χ1v) is 7.36. The van der Waals surface area contributed by atoms with E-state index in [1.165, 1.54) is 12.1 Å². The molecule has 0 saturated heterocycles. The van der Waals surface area contributed by atoms with Crippen LogP contribution in [0, 0.1) is 29.0 Å². The van der Waals surface area contributed by atoms with E-state index in [0.717, 1.165) is 18.4 Å². The topological polar surface area (TPSA) is 78.9 Å². The minimum Gasteiger partial charge on any atom is -0.481 e. The van der Waals surface area contributed by atoms with Crippen molar-refractivity contribution in [2.45, 2.75) is 32.2 Å². The highest BCUT2D eigenvalue weighted by Gasteiger charge is 2.26. The number of carboxylic acids is 1. The summed E-state index contributed by atoms with van der Waals surface area (Å²) in [7, 11) is 0. The number of carboxylic acid groups (broad SMARTS) is 1. The summed E-state index contributed by atoms with van der Waals surface area (Å²) in [5.74, 6) is -1.10. The molecule has 6 heteroatoms. The maximum atomic E-state index is 13.6. The number of aliphatic carboxylic acids is 1. The number of halogens is 1. The van der Waals surface area contributed by atoms with Gasteiger partial charge >= 0.3 is 5.97 Å². The van der Waals surface area contributed by atoms with E-state index in [4.69, 9.17) is 10.4 Å². The first kappa shape index (κ1) is 14.5. The van der Waals surface area contributed by atoms with Gasteiger partial charge in [-0.05, 0) is 43.7 Å². The van der Waals surface area contributed by atoms with E-state index in [-0.39, 0.29) is 11.5 Å². The number of carbonyl (C=O) groups is 1. The quantitative estimate of drug-likeness (QED) is 0.945. The highest BCUT2D eigenvalue weighted by Crippen LogP contribution is 2.30. The van der Waals surface area contributed by atoms with Gasteiger partial charge in [0.1, 0.15) is 11.9 Å². The first-order valence-electron chi connectivity index (χ1n) is 7.36. The molecule has 1 aliphatic carbocycles. The zero-order valence-corrected chi connectivity index (χ0v) is 12.0. The van der Waals surface area contributed by atoms with Crippen LogP contribution in [0.15, 0.2) is 18.3 Å². The fourth-order valence-corrected chi connectivity index (χ4v) is 3.17. The van der Waals surface area contributed by atoms with Gasteiger partial charge in [-0.1, -0.05) is 0 Å². The molecule has 0 bridgehead atoms. The van der Waals surface area contributed by atoms with Crippen LogP contribution in [0.4, 0.5) is 4.39 Å². The average Bonchev–Trinajstić information content (AvgIpc) is 2.88. The summed E-state index contributed by atoms with van der Waals surface area (Å²) in [4.78, 5) is 11.0. The fourth-order valence-electron chi connectivity index (χ4n) is 3.17. The number of fused-ring (bicyclic) bond motifs is 1. The van der Waals surface area contributed by atoms with Crippen LogP contribution in [0.2, 0.25) is 0 Å². The maximum Gasteiger partial charge on any atom is 0.306 e. The molecule has 0 radical (unpaired) electrons. The van der Waals surface area contributed by atoms with Crippen LogP contribution >= 0.6 is 0 Å². The number of benzene rings is 1. The number of hydrogen-bond acceptors (Lipinski definition) is 3. The number of nitrogens with zero attached hydrogens (tertiary/aromatic N) is 3. The van der Waals surface area contributed by atoms with Gasteiger partial charge in [-0.2, -0.15) is 10.4 Å². The van der Waals surface area contributed by atoms with E-state index in [0.29, 0.717) is 30.7 Å². The van der Waals surface area contributed by atoms with Crippen molar-refractivity contribution in [2.24, 2.45) is 11.8 Å². The third-order valence-electron chi connectivity index (χ3n) is 4.48. The fraction of sp³-hybridized carbons (Fsp3) is 0.438. The van der Waals surface area contributed by atoms with E-state index >= 15 is 0 Å². The third-order valence-corrected chi connectivity index (χ3v) is 4.48. The summed E-state index contributed by atoms with van der Waals surface area (Å²) < 4.78 is 15.4. The van der Waals surface area contributed by atoms with Crippen molar-refractivity contribution < 1.29 is 14.3 Å². The standard InChI is InChI=1S/C16H16FN3O2/c17-14-5-13-8-19-20(15(13)6-12(14)7-18)9-10-1-3-11(4-2-10)16(21)22/h5-6,8,10-11H,1-4,9H2,(H,21,22). The van der Waals surface area contributed by atoms with Crippen molar-refractivity contribution in [2.75, 3.05) is 0 Å². The smallest absolute Gasteiger partial charge is 0.306 e. The summed E-state index contributed by atoms with van der Waals surface area (Å²) in [5.41, 5.74) is 0.766. The Morgan fingerprint density at radius 3 is 2.77 bits per heavy atom. The maximum absolute atomic E-state index is 13.6. The Bertz CT molecular complexity index is 755. The van der Waals surface area contributed by atoms with Crippen LogP contribution in [0.25, 0.3) is 10.9 Å². The van der Waals surface area contributed by atoms with Crippen LogP contribution in [0.3, 0.4) is 0 Å². The Balaban J connectivity index is 1.78. The monoisotopic (exact) mass is 301 g/mol. The SMILES string of the molecule is N#Cc1cc2c(cnn2CC2CCC(C(=O)O)CC2)cc1F. The average molecular weight is 301 g/mol. The number of nitriles is 1. The Kier molecular flexibility index (Phi) is 3.80. The zero-order chi connectivity index (χ0) is 15.7. The molecular formula is C16H16FN3O2. The number of rotatable bonds is 3. The Labute approximate surface area is 127 Å². The van der Waals surface area contributed by atoms with Gasteiger partial charge in [-0.25, -0.2) is 4.39 Å². The highest BCUT2D eigenvalue weighted by molar-refractivity contribution is 5.80. The Morgan fingerprint density at radius 1 is 1.41 bits per heavy atom. The molecule has 0 unspecified atom stereocenters. The van der Waals surface area contributed by atoms with Crippen molar-refractivity contribution in [3.05, 3.63) is 29.7 Å². The van der Waals surface area contributed by atoms with E-state index in [1.807, 2.05) is 6.07 Å².